The van der Waals surface area contributed by atoms with E-state index in [9.17, 15) is 0 Å². The van der Waals surface area contributed by atoms with E-state index in [1.54, 1.807) is 0 Å². The van der Waals surface area contributed by atoms with E-state index in [0.29, 0.717) is 18.1 Å². The Balaban J connectivity index is 1.77. The molecule has 1 aromatic rings. The second-order valence-electron chi connectivity index (χ2n) is 5.64. The Bertz CT molecular complexity index is 371. The lowest BCUT2D eigenvalue weighted by atomic mass is 9.95. The van der Waals surface area contributed by atoms with Crippen LogP contribution in [0.25, 0.3) is 0 Å². The summed E-state index contributed by atoms with van der Waals surface area (Å²) in [5.41, 5.74) is 1.38. The van der Waals surface area contributed by atoms with Crippen molar-refractivity contribution < 1.29 is 9.47 Å². The van der Waals surface area contributed by atoms with E-state index < -0.39 is 0 Å². The van der Waals surface area contributed by atoms with Crippen LogP contribution in [-0.2, 0) is 4.74 Å². The molecule has 106 valence electrons. The van der Waals surface area contributed by atoms with E-state index in [2.05, 4.69) is 45.0 Å². The van der Waals surface area contributed by atoms with E-state index >= 15 is 0 Å². The molecule has 2 nitrogen and oxygen atoms in total. The molecule has 0 bridgehead atoms. The van der Waals surface area contributed by atoms with Gasteiger partial charge in [-0.25, -0.2) is 0 Å². The zero-order valence-corrected chi connectivity index (χ0v) is 12.4. The summed E-state index contributed by atoms with van der Waals surface area (Å²) in [6, 6.07) is 8.56. The van der Waals surface area contributed by atoms with Gasteiger partial charge in [0.25, 0.3) is 0 Å². The van der Waals surface area contributed by atoms with E-state index in [1.807, 2.05) is 0 Å². The third-order valence-corrected chi connectivity index (χ3v) is 3.89. The van der Waals surface area contributed by atoms with Gasteiger partial charge in [-0.05, 0) is 43.4 Å². The van der Waals surface area contributed by atoms with Crippen molar-refractivity contribution in [3.63, 3.8) is 0 Å². The van der Waals surface area contributed by atoms with Crippen LogP contribution in [-0.4, -0.2) is 18.8 Å². The molecule has 1 fully saturated rings. The van der Waals surface area contributed by atoms with Crippen LogP contribution in [0.4, 0.5) is 0 Å². The first-order chi connectivity index (χ1) is 9.20. The molecular weight excluding hydrogens is 236 g/mol. The molecule has 3 unspecified atom stereocenters. The van der Waals surface area contributed by atoms with Crippen molar-refractivity contribution in [2.75, 3.05) is 6.61 Å². The average molecular weight is 262 g/mol. The van der Waals surface area contributed by atoms with Gasteiger partial charge >= 0.3 is 0 Å². The van der Waals surface area contributed by atoms with Crippen molar-refractivity contribution in [1.29, 1.82) is 0 Å². The molecule has 2 rings (SSSR count). The molecule has 1 aromatic carbocycles. The van der Waals surface area contributed by atoms with Gasteiger partial charge in [0.05, 0.1) is 18.8 Å². The standard InChI is InChI=1S/C17H26O2/c1-4-5-6-11-18-16-9-7-15(8-10-16)13(2)12-17-14(3)19-17/h7-10,13-14,17H,4-6,11-12H2,1-3H3. The molecule has 1 saturated heterocycles. The number of epoxide rings is 1. The zero-order chi connectivity index (χ0) is 13.7. The van der Waals surface area contributed by atoms with Crippen LogP contribution < -0.4 is 4.74 Å². The van der Waals surface area contributed by atoms with Gasteiger partial charge in [-0.1, -0.05) is 38.8 Å². The van der Waals surface area contributed by atoms with Gasteiger partial charge in [0.15, 0.2) is 0 Å². The van der Waals surface area contributed by atoms with E-state index in [0.717, 1.165) is 25.2 Å². The van der Waals surface area contributed by atoms with Crippen LogP contribution in [0, 0.1) is 0 Å². The summed E-state index contributed by atoms with van der Waals surface area (Å²) in [4.78, 5) is 0. The lowest BCUT2D eigenvalue weighted by molar-refractivity contribution is 0.306. The van der Waals surface area contributed by atoms with Crippen molar-refractivity contribution in [2.45, 2.75) is 64.6 Å². The SMILES string of the molecule is CCCCCOc1ccc(C(C)CC2OC2C)cc1. The lowest BCUT2D eigenvalue weighted by Gasteiger charge is -2.11. The smallest absolute Gasteiger partial charge is 0.119 e. The number of hydrogen-bond acceptors (Lipinski definition) is 2. The van der Waals surface area contributed by atoms with Crippen LogP contribution >= 0.6 is 0 Å². The Morgan fingerprint density at radius 3 is 2.47 bits per heavy atom. The third kappa shape index (κ3) is 4.54. The number of hydrogen-bond donors (Lipinski definition) is 0. The third-order valence-electron chi connectivity index (χ3n) is 3.89. The first-order valence-corrected chi connectivity index (χ1v) is 7.59. The van der Waals surface area contributed by atoms with Gasteiger partial charge in [0.1, 0.15) is 5.75 Å². The first kappa shape index (κ1) is 14.4. The van der Waals surface area contributed by atoms with Crippen molar-refractivity contribution >= 4 is 0 Å². The minimum atomic E-state index is 0.462. The van der Waals surface area contributed by atoms with Gasteiger partial charge in [-0.2, -0.15) is 0 Å². The maximum absolute atomic E-state index is 5.73. The van der Waals surface area contributed by atoms with E-state index in [4.69, 9.17) is 9.47 Å². The molecule has 1 heterocycles. The van der Waals surface area contributed by atoms with Gasteiger partial charge in [-0.3, -0.25) is 0 Å². The molecule has 0 aliphatic carbocycles. The van der Waals surface area contributed by atoms with Crippen LogP contribution in [0.15, 0.2) is 24.3 Å². The highest BCUT2D eigenvalue weighted by atomic mass is 16.6. The molecular formula is C17H26O2. The number of ether oxygens (including phenoxy) is 2. The van der Waals surface area contributed by atoms with Crippen molar-refractivity contribution in [3.8, 4) is 5.75 Å². The molecule has 0 saturated carbocycles. The summed E-state index contributed by atoms with van der Waals surface area (Å²) in [5.74, 6) is 1.55. The maximum atomic E-state index is 5.73. The van der Waals surface area contributed by atoms with Crippen molar-refractivity contribution in [2.24, 2.45) is 0 Å². The topological polar surface area (TPSA) is 21.8 Å². The summed E-state index contributed by atoms with van der Waals surface area (Å²) in [6.07, 6.45) is 5.68. The fourth-order valence-corrected chi connectivity index (χ4v) is 2.40. The fraction of sp³-hybridized carbons (Fsp3) is 0.647. The fourth-order valence-electron chi connectivity index (χ4n) is 2.40. The quantitative estimate of drug-likeness (QED) is 0.507. The lowest BCUT2D eigenvalue weighted by Crippen LogP contribution is -2.01. The second-order valence-corrected chi connectivity index (χ2v) is 5.64. The van der Waals surface area contributed by atoms with Crippen LogP contribution in [0.3, 0.4) is 0 Å². The number of rotatable bonds is 8. The van der Waals surface area contributed by atoms with Crippen LogP contribution in [0.2, 0.25) is 0 Å². The van der Waals surface area contributed by atoms with Gasteiger partial charge in [-0.15, -0.1) is 0 Å². The summed E-state index contributed by atoms with van der Waals surface area (Å²) in [6.45, 7) is 7.45. The van der Waals surface area contributed by atoms with Gasteiger partial charge < -0.3 is 9.47 Å². The summed E-state index contributed by atoms with van der Waals surface area (Å²) in [5, 5.41) is 0. The average Bonchev–Trinajstić information content (AvgIpc) is 3.11. The molecule has 1 aliphatic rings. The first-order valence-electron chi connectivity index (χ1n) is 7.59. The predicted octanol–water partition coefficient (Wildman–Crippen LogP) is 4.54. The summed E-state index contributed by atoms with van der Waals surface area (Å²) in [7, 11) is 0. The molecule has 1 aliphatic heterocycles. The highest BCUT2D eigenvalue weighted by Crippen LogP contribution is 2.32. The van der Waals surface area contributed by atoms with E-state index in [-0.39, 0.29) is 0 Å². The Kier molecular flexibility index (Phi) is 5.26. The molecule has 0 aromatic heterocycles. The minimum Gasteiger partial charge on any atom is -0.494 e. The minimum absolute atomic E-state index is 0.462. The van der Waals surface area contributed by atoms with E-state index in [1.165, 1.54) is 18.4 Å². The van der Waals surface area contributed by atoms with Crippen molar-refractivity contribution in [3.05, 3.63) is 29.8 Å². The number of benzene rings is 1. The molecule has 3 atom stereocenters. The highest BCUT2D eigenvalue weighted by molar-refractivity contribution is 5.29. The number of unbranched alkanes of at least 4 members (excludes halogenated alkanes) is 2. The molecule has 0 radical (unpaired) electrons. The second kappa shape index (κ2) is 6.95. The molecule has 2 heteroatoms. The molecule has 0 amide bonds. The largest absolute Gasteiger partial charge is 0.494 e. The van der Waals surface area contributed by atoms with Gasteiger partial charge in [0.2, 0.25) is 0 Å². The van der Waals surface area contributed by atoms with Crippen LogP contribution in [0.5, 0.6) is 5.75 Å². The summed E-state index contributed by atoms with van der Waals surface area (Å²) >= 11 is 0. The Morgan fingerprint density at radius 1 is 1.21 bits per heavy atom. The van der Waals surface area contributed by atoms with Gasteiger partial charge in [0, 0.05) is 0 Å². The van der Waals surface area contributed by atoms with Crippen molar-refractivity contribution in [1.82, 2.24) is 0 Å². The normalized spacial score (nSPS) is 23.1. The Labute approximate surface area is 117 Å². The Hall–Kier alpha value is -1.02. The molecule has 0 N–H and O–H groups in total. The van der Waals surface area contributed by atoms with Crippen LogP contribution in [0.1, 0.15) is 57.9 Å². The highest BCUT2D eigenvalue weighted by Gasteiger charge is 2.35. The Morgan fingerprint density at radius 2 is 1.89 bits per heavy atom. The molecule has 19 heavy (non-hydrogen) atoms. The summed E-state index contributed by atoms with van der Waals surface area (Å²) < 4.78 is 11.2. The predicted molar refractivity (Wildman–Crippen MR) is 78.8 cm³/mol. The monoisotopic (exact) mass is 262 g/mol. The zero-order valence-electron chi connectivity index (χ0n) is 12.4. The molecule has 0 spiro atoms. The maximum Gasteiger partial charge on any atom is 0.119 e.